The third kappa shape index (κ3) is 2.44. The molecule has 0 fully saturated rings. The monoisotopic (exact) mass is 287 g/mol. The van der Waals surface area contributed by atoms with Gasteiger partial charge in [-0.15, -0.1) is 10.2 Å². The molecule has 1 unspecified atom stereocenters. The number of nitrogens with zero attached hydrogens (tertiary/aromatic N) is 4. The van der Waals surface area contributed by atoms with E-state index in [9.17, 15) is 0 Å². The maximum Gasteiger partial charge on any atom is 0.234 e. The second-order valence-corrected chi connectivity index (χ2v) is 5.72. The Kier molecular flexibility index (Phi) is 3.75. The summed E-state index contributed by atoms with van der Waals surface area (Å²) in [5.74, 6) is 1.18. The van der Waals surface area contributed by atoms with Crippen LogP contribution < -0.4 is 5.32 Å². The minimum absolute atomic E-state index is 0.380. The highest BCUT2D eigenvalue weighted by molar-refractivity contribution is 7.16. The summed E-state index contributed by atoms with van der Waals surface area (Å²) in [7, 11) is 0. The Labute approximate surface area is 121 Å². The molecule has 0 saturated carbocycles. The second kappa shape index (κ2) is 5.68. The molecule has 1 N–H and O–H groups in total. The van der Waals surface area contributed by atoms with Crippen LogP contribution in [0.3, 0.4) is 0 Å². The van der Waals surface area contributed by atoms with Crippen molar-refractivity contribution in [2.45, 2.75) is 19.8 Å². The van der Waals surface area contributed by atoms with Gasteiger partial charge in [-0.05, 0) is 6.54 Å². The number of hydrogen-bond acceptors (Lipinski definition) is 5. The summed E-state index contributed by atoms with van der Waals surface area (Å²) in [6.45, 7) is 6.19. The first-order valence-corrected chi connectivity index (χ1v) is 7.59. The molecule has 104 valence electrons. The largest absolute Gasteiger partial charge is 0.316 e. The Bertz CT molecular complexity index is 688. The lowest BCUT2D eigenvalue weighted by atomic mass is 10.2. The fourth-order valence-electron chi connectivity index (χ4n) is 2.05. The first-order chi connectivity index (χ1) is 9.79. The van der Waals surface area contributed by atoms with Crippen molar-refractivity contribution in [1.82, 2.24) is 25.1 Å². The number of likely N-dealkylation sites (N-methyl/N-ethyl adjacent to an activating group) is 1. The van der Waals surface area contributed by atoms with Gasteiger partial charge in [-0.3, -0.25) is 0 Å². The average molecular weight is 287 g/mol. The van der Waals surface area contributed by atoms with Gasteiger partial charge in [0.2, 0.25) is 4.96 Å². The molecule has 0 radical (unpaired) electrons. The van der Waals surface area contributed by atoms with Crippen molar-refractivity contribution in [3.05, 3.63) is 35.3 Å². The van der Waals surface area contributed by atoms with E-state index in [0.29, 0.717) is 5.92 Å². The molecule has 6 heteroatoms. The van der Waals surface area contributed by atoms with Crippen LogP contribution in [0.15, 0.2) is 30.3 Å². The molecule has 0 saturated heterocycles. The molecule has 5 nitrogen and oxygen atoms in total. The summed E-state index contributed by atoms with van der Waals surface area (Å²) in [6, 6.07) is 10.0. The summed E-state index contributed by atoms with van der Waals surface area (Å²) in [5.41, 5.74) is 1.04. The number of hydrogen-bond donors (Lipinski definition) is 1. The van der Waals surface area contributed by atoms with E-state index < -0.39 is 0 Å². The molecule has 0 amide bonds. The van der Waals surface area contributed by atoms with Gasteiger partial charge in [-0.1, -0.05) is 55.5 Å². The van der Waals surface area contributed by atoms with Crippen molar-refractivity contribution in [2.24, 2.45) is 0 Å². The zero-order chi connectivity index (χ0) is 13.9. The average Bonchev–Trinajstić information content (AvgIpc) is 3.05. The first kappa shape index (κ1) is 13.2. The Balaban J connectivity index is 1.95. The summed E-state index contributed by atoms with van der Waals surface area (Å²) in [6.07, 6.45) is 0. The highest BCUT2D eigenvalue weighted by Crippen LogP contribution is 2.25. The fraction of sp³-hybridized carbons (Fsp3) is 0.357. The van der Waals surface area contributed by atoms with Crippen LogP contribution in [0.5, 0.6) is 0 Å². The molecule has 0 spiro atoms. The van der Waals surface area contributed by atoms with Gasteiger partial charge in [0.25, 0.3) is 0 Å². The molecule has 0 aliphatic heterocycles. The van der Waals surface area contributed by atoms with Crippen molar-refractivity contribution in [3.63, 3.8) is 0 Å². The number of benzene rings is 1. The van der Waals surface area contributed by atoms with E-state index in [4.69, 9.17) is 0 Å². The highest BCUT2D eigenvalue weighted by Gasteiger charge is 2.16. The maximum atomic E-state index is 4.67. The van der Waals surface area contributed by atoms with Gasteiger partial charge in [0.05, 0.1) is 0 Å². The maximum absolute atomic E-state index is 4.67. The molecule has 20 heavy (non-hydrogen) atoms. The lowest BCUT2D eigenvalue weighted by molar-refractivity contribution is 0.625. The minimum Gasteiger partial charge on any atom is -0.316 e. The van der Waals surface area contributed by atoms with Crippen molar-refractivity contribution >= 4 is 16.3 Å². The van der Waals surface area contributed by atoms with Gasteiger partial charge >= 0.3 is 0 Å². The van der Waals surface area contributed by atoms with Gasteiger partial charge in [0, 0.05) is 18.0 Å². The van der Waals surface area contributed by atoms with Crippen LogP contribution in [0.2, 0.25) is 0 Å². The van der Waals surface area contributed by atoms with Crippen LogP contribution in [-0.2, 0) is 0 Å². The highest BCUT2D eigenvalue weighted by atomic mass is 32.1. The van der Waals surface area contributed by atoms with Crippen LogP contribution in [0.1, 0.15) is 24.8 Å². The molecular weight excluding hydrogens is 270 g/mol. The van der Waals surface area contributed by atoms with Crippen LogP contribution in [0, 0.1) is 0 Å². The minimum atomic E-state index is 0.380. The van der Waals surface area contributed by atoms with E-state index >= 15 is 0 Å². The molecule has 0 aliphatic rings. The van der Waals surface area contributed by atoms with Crippen molar-refractivity contribution in [2.75, 3.05) is 13.1 Å². The molecule has 3 rings (SSSR count). The molecule has 2 heterocycles. The summed E-state index contributed by atoms with van der Waals surface area (Å²) < 4.78 is 1.85. The summed E-state index contributed by atoms with van der Waals surface area (Å²) in [5, 5.41) is 17.6. The van der Waals surface area contributed by atoms with Crippen LogP contribution in [0.4, 0.5) is 0 Å². The first-order valence-electron chi connectivity index (χ1n) is 6.78. The predicted molar refractivity (Wildman–Crippen MR) is 81.1 cm³/mol. The third-order valence-corrected chi connectivity index (χ3v) is 4.29. The Hall–Kier alpha value is -1.79. The SMILES string of the molecule is CCNCC(C)c1nn2c(-c3ccccc3)nnc2s1. The molecule has 0 bridgehead atoms. The zero-order valence-electron chi connectivity index (χ0n) is 11.6. The lowest BCUT2D eigenvalue weighted by Gasteiger charge is -2.07. The molecule has 2 aromatic heterocycles. The standard InChI is InChI=1S/C14H17N5S/c1-3-15-9-10(2)13-18-19-12(16-17-14(19)20-13)11-7-5-4-6-8-11/h4-8,10,15H,3,9H2,1-2H3. The van der Waals surface area contributed by atoms with Crippen molar-refractivity contribution in [1.29, 1.82) is 0 Å². The molecular formula is C14H17N5S. The number of aromatic nitrogens is 4. The second-order valence-electron chi connectivity index (χ2n) is 4.73. The van der Waals surface area contributed by atoms with Crippen LogP contribution in [0.25, 0.3) is 16.3 Å². The quantitative estimate of drug-likeness (QED) is 0.783. The molecule has 0 aliphatic carbocycles. The van der Waals surface area contributed by atoms with E-state index in [1.807, 2.05) is 34.8 Å². The number of rotatable bonds is 5. The third-order valence-electron chi connectivity index (χ3n) is 3.16. The Morgan fingerprint density at radius 3 is 2.80 bits per heavy atom. The van der Waals surface area contributed by atoms with E-state index in [2.05, 4.69) is 34.5 Å². The van der Waals surface area contributed by atoms with E-state index in [0.717, 1.165) is 34.4 Å². The van der Waals surface area contributed by atoms with Crippen molar-refractivity contribution in [3.8, 4) is 11.4 Å². The Morgan fingerprint density at radius 2 is 2.05 bits per heavy atom. The van der Waals surface area contributed by atoms with Gasteiger partial charge in [-0.2, -0.15) is 9.61 Å². The van der Waals surface area contributed by atoms with Crippen molar-refractivity contribution < 1.29 is 0 Å². The normalized spacial score (nSPS) is 12.9. The summed E-state index contributed by atoms with van der Waals surface area (Å²) in [4.78, 5) is 0.849. The van der Waals surface area contributed by atoms with Gasteiger partial charge in [-0.25, -0.2) is 0 Å². The lowest BCUT2D eigenvalue weighted by Crippen LogP contribution is -2.19. The topological polar surface area (TPSA) is 55.1 Å². The predicted octanol–water partition coefficient (Wildman–Crippen LogP) is 2.57. The Morgan fingerprint density at radius 1 is 1.25 bits per heavy atom. The molecule has 1 aromatic carbocycles. The van der Waals surface area contributed by atoms with Crippen LogP contribution in [-0.4, -0.2) is 32.9 Å². The van der Waals surface area contributed by atoms with Crippen LogP contribution >= 0.6 is 11.3 Å². The smallest absolute Gasteiger partial charge is 0.234 e. The number of nitrogens with one attached hydrogen (secondary N) is 1. The molecule has 1 atom stereocenters. The van der Waals surface area contributed by atoms with Gasteiger partial charge in [0.1, 0.15) is 5.01 Å². The van der Waals surface area contributed by atoms with Gasteiger partial charge in [0.15, 0.2) is 5.82 Å². The van der Waals surface area contributed by atoms with E-state index in [-0.39, 0.29) is 0 Å². The van der Waals surface area contributed by atoms with E-state index in [1.54, 1.807) is 11.3 Å². The fourth-order valence-corrected chi connectivity index (χ4v) is 2.94. The van der Waals surface area contributed by atoms with Gasteiger partial charge < -0.3 is 5.32 Å². The van der Waals surface area contributed by atoms with E-state index in [1.165, 1.54) is 0 Å². The molecule has 3 aromatic rings. The zero-order valence-corrected chi connectivity index (χ0v) is 12.4. The number of fused-ring (bicyclic) bond motifs is 1. The summed E-state index contributed by atoms with van der Waals surface area (Å²) >= 11 is 1.61.